The van der Waals surface area contributed by atoms with Crippen molar-refractivity contribution in [2.45, 2.75) is 37.6 Å². The van der Waals surface area contributed by atoms with Crippen LogP contribution >= 0.6 is 0 Å². The van der Waals surface area contributed by atoms with Gasteiger partial charge in [0.15, 0.2) is 0 Å². The molecule has 0 aromatic heterocycles. The molecule has 1 aliphatic heterocycles. The molecule has 1 N–H and O–H groups in total. The van der Waals surface area contributed by atoms with Crippen LogP contribution in [0.1, 0.15) is 37.0 Å². The Morgan fingerprint density at radius 1 is 1.10 bits per heavy atom. The minimum absolute atomic E-state index is 0.154. The standard InChI is InChI=1S/C23H31N3O3S/c1-18-13-15-26(16-14-18)19(2)17-24-23(27)20-9-11-22(12-10-20)30(28,29)25(3)21-7-5-4-6-8-21/h4-12,18-19H,13-17H2,1-3H3,(H,24,27). The molecule has 30 heavy (non-hydrogen) atoms. The fourth-order valence-electron chi connectivity index (χ4n) is 3.65. The molecule has 7 heteroatoms. The molecular weight excluding hydrogens is 398 g/mol. The molecule has 1 unspecified atom stereocenters. The zero-order valence-corrected chi connectivity index (χ0v) is 18.7. The van der Waals surface area contributed by atoms with Gasteiger partial charge in [-0.3, -0.25) is 14.0 Å². The van der Waals surface area contributed by atoms with E-state index in [9.17, 15) is 13.2 Å². The van der Waals surface area contributed by atoms with E-state index < -0.39 is 10.0 Å². The highest BCUT2D eigenvalue weighted by Gasteiger charge is 2.23. The molecule has 1 aliphatic rings. The number of anilines is 1. The highest BCUT2D eigenvalue weighted by atomic mass is 32.2. The minimum atomic E-state index is -3.68. The lowest BCUT2D eigenvalue weighted by molar-refractivity contribution is 0.0921. The molecule has 2 aromatic rings. The smallest absolute Gasteiger partial charge is 0.264 e. The normalized spacial score (nSPS) is 16.8. The van der Waals surface area contributed by atoms with Crippen LogP contribution in [0.15, 0.2) is 59.5 Å². The van der Waals surface area contributed by atoms with Gasteiger partial charge in [-0.05, 0) is 75.2 Å². The van der Waals surface area contributed by atoms with Crippen molar-refractivity contribution in [2.75, 3.05) is 31.0 Å². The molecule has 0 radical (unpaired) electrons. The third kappa shape index (κ3) is 5.21. The fraction of sp³-hybridized carbons (Fsp3) is 0.435. The maximum absolute atomic E-state index is 12.8. The lowest BCUT2D eigenvalue weighted by atomic mass is 9.98. The fourth-order valence-corrected chi connectivity index (χ4v) is 4.85. The molecule has 1 fully saturated rings. The molecule has 1 amide bonds. The van der Waals surface area contributed by atoms with Crippen molar-refractivity contribution < 1.29 is 13.2 Å². The zero-order valence-electron chi connectivity index (χ0n) is 17.9. The van der Waals surface area contributed by atoms with Gasteiger partial charge < -0.3 is 5.32 Å². The summed E-state index contributed by atoms with van der Waals surface area (Å²) in [5, 5.41) is 2.97. The van der Waals surface area contributed by atoms with Crippen molar-refractivity contribution in [3.05, 3.63) is 60.2 Å². The topological polar surface area (TPSA) is 69.7 Å². The van der Waals surface area contributed by atoms with E-state index in [1.165, 1.54) is 36.3 Å². The molecule has 0 spiro atoms. The largest absolute Gasteiger partial charge is 0.350 e. The first kappa shape index (κ1) is 22.3. The predicted octanol–water partition coefficient (Wildman–Crippen LogP) is 3.36. The number of benzene rings is 2. The SMILES string of the molecule is CC1CCN(C(C)CNC(=O)c2ccc(S(=O)(=O)N(C)c3ccccc3)cc2)CC1. The van der Waals surface area contributed by atoms with Crippen LogP contribution < -0.4 is 9.62 Å². The van der Waals surface area contributed by atoms with Crippen LogP contribution in [-0.2, 0) is 10.0 Å². The molecule has 2 aromatic carbocycles. The van der Waals surface area contributed by atoms with Crippen molar-refractivity contribution in [1.82, 2.24) is 10.2 Å². The zero-order chi connectivity index (χ0) is 21.7. The third-order valence-corrected chi connectivity index (χ3v) is 7.69. The summed E-state index contributed by atoms with van der Waals surface area (Å²) in [4.78, 5) is 15.1. The van der Waals surface area contributed by atoms with Gasteiger partial charge >= 0.3 is 0 Å². The molecule has 1 heterocycles. The van der Waals surface area contributed by atoms with Crippen LogP contribution in [0.3, 0.4) is 0 Å². The van der Waals surface area contributed by atoms with Gasteiger partial charge in [-0.15, -0.1) is 0 Å². The summed E-state index contributed by atoms with van der Waals surface area (Å²) in [6.45, 7) is 7.13. The average molecular weight is 430 g/mol. The second kappa shape index (κ2) is 9.62. The van der Waals surface area contributed by atoms with Gasteiger partial charge in [0, 0.05) is 25.2 Å². The number of amides is 1. The number of hydrogen-bond acceptors (Lipinski definition) is 4. The van der Waals surface area contributed by atoms with Crippen molar-refractivity contribution in [3.63, 3.8) is 0 Å². The van der Waals surface area contributed by atoms with Crippen molar-refractivity contribution in [1.29, 1.82) is 0 Å². The summed E-state index contributed by atoms with van der Waals surface area (Å²) in [6.07, 6.45) is 2.40. The average Bonchev–Trinajstić information content (AvgIpc) is 2.77. The summed E-state index contributed by atoms with van der Waals surface area (Å²) >= 11 is 0. The molecular formula is C23H31N3O3S. The number of carbonyl (C=O) groups excluding carboxylic acids is 1. The van der Waals surface area contributed by atoms with Crippen LogP contribution in [0.4, 0.5) is 5.69 Å². The van der Waals surface area contributed by atoms with E-state index in [0.29, 0.717) is 17.8 Å². The number of piperidine rings is 1. The summed E-state index contributed by atoms with van der Waals surface area (Å²) in [6, 6.07) is 15.3. The number of rotatable bonds is 7. The van der Waals surface area contributed by atoms with Crippen LogP contribution in [-0.4, -0.2) is 51.9 Å². The first-order chi connectivity index (χ1) is 14.3. The molecule has 3 rings (SSSR count). The van der Waals surface area contributed by atoms with Gasteiger partial charge in [-0.2, -0.15) is 0 Å². The number of nitrogens with one attached hydrogen (secondary N) is 1. The van der Waals surface area contributed by atoms with E-state index in [1.807, 2.05) is 6.07 Å². The van der Waals surface area contributed by atoms with E-state index in [1.54, 1.807) is 36.4 Å². The van der Waals surface area contributed by atoms with Crippen LogP contribution in [0.2, 0.25) is 0 Å². The first-order valence-corrected chi connectivity index (χ1v) is 11.9. The molecule has 0 saturated carbocycles. The second-order valence-corrected chi connectivity index (χ2v) is 10.1. The maximum Gasteiger partial charge on any atom is 0.264 e. The Bertz CT molecular complexity index is 937. The monoisotopic (exact) mass is 429 g/mol. The Hall–Kier alpha value is -2.38. The van der Waals surface area contributed by atoms with Gasteiger partial charge in [-0.1, -0.05) is 25.1 Å². The summed E-state index contributed by atoms with van der Waals surface area (Å²) in [5.74, 6) is 0.589. The Kier molecular flexibility index (Phi) is 7.15. The number of hydrogen-bond donors (Lipinski definition) is 1. The van der Waals surface area contributed by atoms with E-state index >= 15 is 0 Å². The minimum Gasteiger partial charge on any atom is -0.350 e. The third-order valence-electron chi connectivity index (χ3n) is 5.89. The second-order valence-electron chi connectivity index (χ2n) is 8.11. The summed E-state index contributed by atoms with van der Waals surface area (Å²) in [5.41, 5.74) is 1.04. The molecule has 162 valence electrons. The molecule has 1 atom stereocenters. The van der Waals surface area contributed by atoms with Crippen LogP contribution in [0.5, 0.6) is 0 Å². The number of sulfonamides is 1. The number of para-hydroxylation sites is 1. The van der Waals surface area contributed by atoms with E-state index in [2.05, 4.69) is 24.1 Å². The Labute approximate surface area is 179 Å². The van der Waals surface area contributed by atoms with Crippen molar-refractivity contribution in [3.8, 4) is 0 Å². The van der Waals surface area contributed by atoms with Gasteiger partial charge in [0.05, 0.1) is 10.6 Å². The lowest BCUT2D eigenvalue weighted by Gasteiger charge is -2.35. The maximum atomic E-state index is 12.8. The van der Waals surface area contributed by atoms with E-state index in [-0.39, 0.29) is 16.8 Å². The van der Waals surface area contributed by atoms with Crippen LogP contribution in [0.25, 0.3) is 0 Å². The predicted molar refractivity (Wildman–Crippen MR) is 120 cm³/mol. The lowest BCUT2D eigenvalue weighted by Crippen LogP contribution is -2.45. The number of nitrogens with zero attached hydrogens (tertiary/aromatic N) is 2. The highest BCUT2D eigenvalue weighted by molar-refractivity contribution is 7.92. The molecule has 6 nitrogen and oxygen atoms in total. The first-order valence-electron chi connectivity index (χ1n) is 10.5. The summed E-state index contributed by atoms with van der Waals surface area (Å²) < 4.78 is 26.9. The molecule has 0 bridgehead atoms. The Morgan fingerprint density at radius 3 is 2.30 bits per heavy atom. The van der Waals surface area contributed by atoms with Gasteiger partial charge in [0.2, 0.25) is 0 Å². The molecule has 1 saturated heterocycles. The van der Waals surface area contributed by atoms with Gasteiger partial charge in [0.25, 0.3) is 15.9 Å². The molecule has 0 aliphatic carbocycles. The number of carbonyl (C=O) groups is 1. The van der Waals surface area contributed by atoms with E-state index in [0.717, 1.165) is 19.0 Å². The Balaban J connectivity index is 1.60. The van der Waals surface area contributed by atoms with Gasteiger partial charge in [0.1, 0.15) is 0 Å². The van der Waals surface area contributed by atoms with Crippen LogP contribution in [0, 0.1) is 5.92 Å². The van der Waals surface area contributed by atoms with Crippen molar-refractivity contribution in [2.24, 2.45) is 5.92 Å². The highest BCUT2D eigenvalue weighted by Crippen LogP contribution is 2.22. The Morgan fingerprint density at radius 2 is 1.70 bits per heavy atom. The van der Waals surface area contributed by atoms with Crippen molar-refractivity contribution >= 4 is 21.6 Å². The van der Waals surface area contributed by atoms with E-state index in [4.69, 9.17) is 0 Å². The number of likely N-dealkylation sites (tertiary alicyclic amines) is 1. The quantitative estimate of drug-likeness (QED) is 0.733. The van der Waals surface area contributed by atoms with Gasteiger partial charge in [-0.25, -0.2) is 8.42 Å². The summed E-state index contributed by atoms with van der Waals surface area (Å²) in [7, 11) is -2.16.